The van der Waals surface area contributed by atoms with E-state index in [2.05, 4.69) is 4.98 Å². The van der Waals surface area contributed by atoms with E-state index in [-0.39, 0.29) is 25.5 Å². The third-order valence-corrected chi connectivity index (χ3v) is 3.31. The fourth-order valence-electron chi connectivity index (χ4n) is 2.17. The maximum Gasteiger partial charge on any atom is 0.417 e. The SMILES string of the molecule is O=C(O)C1CN(c2ccc(C(F)(F)F)cn2)CCN1C(=O)O. The molecular weight excluding hydrogens is 307 g/mol. The van der Waals surface area contributed by atoms with Crippen molar-refractivity contribution in [3.05, 3.63) is 23.9 Å². The number of halogens is 3. The number of carboxylic acid groups (broad SMARTS) is 2. The molecule has 0 aromatic carbocycles. The highest BCUT2D eigenvalue weighted by molar-refractivity contribution is 5.80. The summed E-state index contributed by atoms with van der Waals surface area (Å²) in [5.74, 6) is -1.15. The second kappa shape index (κ2) is 5.70. The lowest BCUT2D eigenvalue weighted by atomic mass is 10.1. The molecule has 0 spiro atoms. The molecule has 0 bridgehead atoms. The molecule has 1 aromatic heterocycles. The molecule has 1 aromatic rings. The summed E-state index contributed by atoms with van der Waals surface area (Å²) >= 11 is 0. The Morgan fingerprint density at radius 3 is 2.36 bits per heavy atom. The van der Waals surface area contributed by atoms with Crippen LogP contribution in [-0.2, 0) is 11.0 Å². The summed E-state index contributed by atoms with van der Waals surface area (Å²) in [4.78, 5) is 28.0. The summed E-state index contributed by atoms with van der Waals surface area (Å²) in [7, 11) is 0. The number of carboxylic acids is 1. The Labute approximate surface area is 122 Å². The summed E-state index contributed by atoms with van der Waals surface area (Å²) in [5, 5.41) is 18.0. The van der Waals surface area contributed by atoms with E-state index in [1.54, 1.807) is 0 Å². The Hall–Kier alpha value is -2.52. The Balaban J connectivity index is 2.17. The average molecular weight is 319 g/mol. The largest absolute Gasteiger partial charge is 0.480 e. The van der Waals surface area contributed by atoms with Crippen molar-refractivity contribution in [2.24, 2.45) is 0 Å². The van der Waals surface area contributed by atoms with E-state index in [0.717, 1.165) is 17.0 Å². The molecule has 1 fully saturated rings. The summed E-state index contributed by atoms with van der Waals surface area (Å²) in [6, 6.07) is 0.690. The first-order valence-electron chi connectivity index (χ1n) is 6.20. The van der Waals surface area contributed by atoms with Crippen LogP contribution in [0.1, 0.15) is 5.56 Å². The van der Waals surface area contributed by atoms with Gasteiger partial charge in [-0.2, -0.15) is 13.2 Å². The maximum atomic E-state index is 12.5. The van der Waals surface area contributed by atoms with Crippen LogP contribution in [0.2, 0.25) is 0 Å². The fraction of sp³-hybridized carbons (Fsp3) is 0.417. The molecule has 2 rings (SSSR count). The second-order valence-electron chi connectivity index (χ2n) is 4.68. The third kappa shape index (κ3) is 3.21. The Kier molecular flexibility index (Phi) is 4.11. The summed E-state index contributed by atoms with van der Waals surface area (Å²) < 4.78 is 37.4. The Morgan fingerprint density at radius 2 is 1.91 bits per heavy atom. The van der Waals surface area contributed by atoms with Crippen LogP contribution in [0.15, 0.2) is 18.3 Å². The zero-order chi connectivity index (χ0) is 16.5. The number of amides is 1. The fourth-order valence-corrected chi connectivity index (χ4v) is 2.17. The van der Waals surface area contributed by atoms with Crippen molar-refractivity contribution in [1.29, 1.82) is 0 Å². The van der Waals surface area contributed by atoms with Gasteiger partial charge in [0.1, 0.15) is 11.9 Å². The first-order chi connectivity index (χ1) is 10.2. The van der Waals surface area contributed by atoms with Gasteiger partial charge >= 0.3 is 18.2 Å². The van der Waals surface area contributed by atoms with Gasteiger partial charge in [-0.25, -0.2) is 14.6 Å². The van der Waals surface area contributed by atoms with Crippen LogP contribution in [-0.4, -0.2) is 57.8 Å². The number of nitrogens with zero attached hydrogens (tertiary/aromatic N) is 3. The predicted molar refractivity (Wildman–Crippen MR) is 67.6 cm³/mol. The van der Waals surface area contributed by atoms with E-state index in [1.807, 2.05) is 0 Å². The van der Waals surface area contributed by atoms with Crippen molar-refractivity contribution in [3.8, 4) is 0 Å². The molecule has 1 amide bonds. The molecule has 1 aliphatic rings. The van der Waals surface area contributed by atoms with Gasteiger partial charge in [0, 0.05) is 19.3 Å². The van der Waals surface area contributed by atoms with Crippen LogP contribution in [0.5, 0.6) is 0 Å². The van der Waals surface area contributed by atoms with Gasteiger partial charge in [0.05, 0.1) is 12.1 Å². The number of pyridine rings is 1. The van der Waals surface area contributed by atoms with E-state index in [0.29, 0.717) is 6.20 Å². The third-order valence-electron chi connectivity index (χ3n) is 3.31. The van der Waals surface area contributed by atoms with E-state index in [9.17, 15) is 22.8 Å². The van der Waals surface area contributed by atoms with E-state index >= 15 is 0 Å². The Morgan fingerprint density at radius 1 is 1.23 bits per heavy atom. The Bertz CT molecular complexity index is 576. The van der Waals surface area contributed by atoms with Crippen LogP contribution in [0, 0.1) is 0 Å². The minimum atomic E-state index is -4.50. The number of hydrogen-bond acceptors (Lipinski definition) is 4. The van der Waals surface area contributed by atoms with E-state index in [4.69, 9.17) is 10.2 Å². The number of rotatable bonds is 2. The molecule has 2 heterocycles. The van der Waals surface area contributed by atoms with Crippen molar-refractivity contribution in [2.45, 2.75) is 12.2 Å². The number of alkyl halides is 3. The summed E-state index contributed by atoms with van der Waals surface area (Å²) in [6.07, 6.45) is -5.20. The maximum absolute atomic E-state index is 12.5. The number of aliphatic carboxylic acids is 1. The first-order valence-corrected chi connectivity index (χ1v) is 6.20. The zero-order valence-corrected chi connectivity index (χ0v) is 11.1. The molecule has 0 radical (unpaired) electrons. The molecule has 0 saturated carbocycles. The molecule has 1 unspecified atom stereocenters. The lowest BCUT2D eigenvalue weighted by Crippen LogP contribution is -2.58. The monoisotopic (exact) mass is 319 g/mol. The van der Waals surface area contributed by atoms with Crippen LogP contribution < -0.4 is 4.90 Å². The minimum Gasteiger partial charge on any atom is -0.480 e. The van der Waals surface area contributed by atoms with Crippen molar-refractivity contribution >= 4 is 17.9 Å². The number of aromatic nitrogens is 1. The van der Waals surface area contributed by atoms with Crippen molar-refractivity contribution in [1.82, 2.24) is 9.88 Å². The van der Waals surface area contributed by atoms with Crippen LogP contribution >= 0.6 is 0 Å². The highest BCUT2D eigenvalue weighted by Gasteiger charge is 2.36. The quantitative estimate of drug-likeness (QED) is 0.855. The highest BCUT2D eigenvalue weighted by atomic mass is 19.4. The summed E-state index contributed by atoms with van der Waals surface area (Å²) in [5.41, 5.74) is -0.907. The van der Waals surface area contributed by atoms with Crippen LogP contribution in [0.4, 0.5) is 23.8 Å². The van der Waals surface area contributed by atoms with Gasteiger partial charge in [-0.15, -0.1) is 0 Å². The molecule has 10 heteroatoms. The molecule has 120 valence electrons. The minimum absolute atomic E-state index is 0.0744. The average Bonchev–Trinajstić information content (AvgIpc) is 2.45. The van der Waals surface area contributed by atoms with Crippen molar-refractivity contribution in [3.63, 3.8) is 0 Å². The van der Waals surface area contributed by atoms with Gasteiger partial charge in [-0.3, -0.25) is 4.90 Å². The molecule has 0 aliphatic carbocycles. The molecule has 7 nitrogen and oxygen atoms in total. The normalized spacial score (nSPS) is 19.1. The number of anilines is 1. The summed E-state index contributed by atoms with van der Waals surface area (Å²) in [6.45, 7) is -0.108. The van der Waals surface area contributed by atoms with E-state index in [1.165, 1.54) is 4.90 Å². The number of hydrogen-bond donors (Lipinski definition) is 2. The second-order valence-corrected chi connectivity index (χ2v) is 4.68. The van der Waals surface area contributed by atoms with Gasteiger partial charge in [0.25, 0.3) is 0 Å². The molecular formula is C12H12F3N3O4. The lowest BCUT2D eigenvalue weighted by Gasteiger charge is -2.38. The van der Waals surface area contributed by atoms with Crippen LogP contribution in [0.3, 0.4) is 0 Å². The highest BCUT2D eigenvalue weighted by Crippen LogP contribution is 2.29. The number of piperazine rings is 1. The van der Waals surface area contributed by atoms with Gasteiger partial charge < -0.3 is 15.1 Å². The van der Waals surface area contributed by atoms with Gasteiger partial charge in [0.15, 0.2) is 0 Å². The molecule has 1 aliphatic heterocycles. The standard InChI is InChI=1S/C12H12F3N3O4/c13-12(14,15)7-1-2-9(16-5-7)17-3-4-18(11(21)22)8(6-17)10(19)20/h1-2,5,8H,3-4,6H2,(H,19,20)(H,21,22). The van der Waals surface area contributed by atoms with Crippen LogP contribution in [0.25, 0.3) is 0 Å². The zero-order valence-electron chi connectivity index (χ0n) is 11.1. The first kappa shape index (κ1) is 15.9. The number of carbonyl (C=O) groups is 2. The van der Waals surface area contributed by atoms with Gasteiger partial charge in [-0.1, -0.05) is 0 Å². The lowest BCUT2D eigenvalue weighted by molar-refractivity contribution is -0.142. The molecule has 1 saturated heterocycles. The van der Waals surface area contributed by atoms with Crippen molar-refractivity contribution < 1.29 is 33.0 Å². The molecule has 2 N–H and O–H groups in total. The molecule has 22 heavy (non-hydrogen) atoms. The van der Waals surface area contributed by atoms with Crippen molar-refractivity contribution in [2.75, 3.05) is 24.5 Å². The topological polar surface area (TPSA) is 94.0 Å². The van der Waals surface area contributed by atoms with Gasteiger partial charge in [-0.05, 0) is 12.1 Å². The van der Waals surface area contributed by atoms with Gasteiger partial charge in [0.2, 0.25) is 0 Å². The predicted octanol–water partition coefficient (Wildman–Crippen LogP) is 1.35. The smallest absolute Gasteiger partial charge is 0.417 e. The van der Waals surface area contributed by atoms with E-state index < -0.39 is 29.8 Å². The molecule has 1 atom stereocenters.